The number of rotatable bonds is 5. The van der Waals surface area contributed by atoms with Crippen molar-refractivity contribution in [1.29, 1.82) is 0 Å². The van der Waals surface area contributed by atoms with Crippen LogP contribution in [0.25, 0.3) is 17.0 Å². The normalized spacial score (nSPS) is 16.2. The molecule has 0 saturated heterocycles. The number of carbonyl (C=O) groups is 1. The Balaban J connectivity index is 1.61. The highest BCUT2D eigenvalue weighted by atomic mass is 35.5. The first kappa shape index (κ1) is 22.0. The maximum atomic E-state index is 13.2. The maximum absolute atomic E-state index is 13.2. The summed E-state index contributed by atoms with van der Waals surface area (Å²) in [4.78, 5) is 19.5. The fourth-order valence-corrected chi connectivity index (χ4v) is 4.18. The first-order valence-electron chi connectivity index (χ1n) is 10.9. The maximum Gasteiger partial charge on any atom is 0.322 e. The molecule has 0 fully saturated rings. The molecule has 1 unspecified atom stereocenters. The molecule has 2 aromatic carbocycles. The summed E-state index contributed by atoms with van der Waals surface area (Å²) in [6.07, 6.45) is 1.59. The fraction of sp³-hybridized carbons (Fsp3) is 0.192. The van der Waals surface area contributed by atoms with Crippen LogP contribution in [0.3, 0.4) is 0 Å². The van der Waals surface area contributed by atoms with E-state index in [1.165, 1.54) is 5.56 Å². The monoisotopic (exact) mass is 474 g/mol. The summed E-state index contributed by atoms with van der Waals surface area (Å²) in [5.41, 5.74) is 5.49. The van der Waals surface area contributed by atoms with E-state index in [1.54, 1.807) is 29.4 Å². The van der Waals surface area contributed by atoms with Gasteiger partial charge in [0.2, 0.25) is 5.82 Å². The fourth-order valence-electron chi connectivity index (χ4n) is 4.05. The third-order valence-corrected chi connectivity index (χ3v) is 6.37. The van der Waals surface area contributed by atoms with Gasteiger partial charge in [-0.3, -0.25) is 4.90 Å². The van der Waals surface area contributed by atoms with Gasteiger partial charge in [0.15, 0.2) is 0 Å². The van der Waals surface area contributed by atoms with Crippen LogP contribution in [0.1, 0.15) is 41.3 Å². The van der Waals surface area contributed by atoms with Crippen LogP contribution in [0.2, 0.25) is 5.02 Å². The van der Waals surface area contributed by atoms with Gasteiger partial charge in [0.05, 0.1) is 24.4 Å². The lowest BCUT2D eigenvalue weighted by molar-refractivity contribution is 0.199. The van der Waals surface area contributed by atoms with E-state index in [2.05, 4.69) is 28.4 Å². The van der Waals surface area contributed by atoms with E-state index in [9.17, 15) is 4.79 Å². The molecular weight excluding hydrogens is 452 g/mol. The van der Waals surface area contributed by atoms with E-state index >= 15 is 0 Å². The van der Waals surface area contributed by atoms with Gasteiger partial charge in [0, 0.05) is 16.3 Å². The number of hydrogen-bond acceptors (Lipinski definition) is 5. The van der Waals surface area contributed by atoms with Crippen molar-refractivity contribution in [1.82, 2.24) is 20.4 Å². The Labute approximate surface area is 202 Å². The first-order chi connectivity index (χ1) is 16.4. The number of benzene rings is 2. The van der Waals surface area contributed by atoms with E-state index in [0.717, 1.165) is 28.0 Å². The predicted octanol–water partition coefficient (Wildman–Crippen LogP) is 6.30. The van der Waals surface area contributed by atoms with Crippen LogP contribution in [0.5, 0.6) is 0 Å². The molecule has 2 amide bonds. The summed E-state index contributed by atoms with van der Waals surface area (Å²) in [6.45, 7) is 6.28. The zero-order chi connectivity index (χ0) is 23.8. The topological polar surface area (TPSA) is 84.4 Å². The lowest BCUT2D eigenvalue weighted by Crippen LogP contribution is -2.45. The Bertz CT molecular complexity index is 1370. The number of halogens is 1. The Kier molecular flexibility index (Phi) is 5.71. The van der Waals surface area contributed by atoms with Crippen molar-refractivity contribution in [2.45, 2.75) is 33.4 Å². The second kappa shape index (κ2) is 8.83. The van der Waals surface area contributed by atoms with Crippen LogP contribution < -0.4 is 5.32 Å². The summed E-state index contributed by atoms with van der Waals surface area (Å²) in [6, 6.07) is 16.3. The molecule has 8 heteroatoms. The Morgan fingerprint density at radius 3 is 2.56 bits per heavy atom. The number of nitrogens with zero attached hydrogens (tertiary/aromatic N) is 3. The SMILES string of the molecule is CC1=C(c2nc(-c3ccc(Cl)cc3)no2)C(c2ccc(C)c(C)c2)NC(=O)N1Cc1ccco1. The summed E-state index contributed by atoms with van der Waals surface area (Å²) >= 11 is 6.02. The molecule has 7 nitrogen and oxygen atoms in total. The molecule has 0 bridgehead atoms. The van der Waals surface area contributed by atoms with Crippen molar-refractivity contribution in [3.8, 4) is 11.4 Å². The van der Waals surface area contributed by atoms with Gasteiger partial charge >= 0.3 is 6.03 Å². The summed E-state index contributed by atoms with van der Waals surface area (Å²) in [7, 11) is 0. The molecule has 0 radical (unpaired) electrons. The second-order valence-electron chi connectivity index (χ2n) is 8.32. The van der Waals surface area contributed by atoms with Crippen molar-refractivity contribution >= 4 is 23.2 Å². The van der Waals surface area contributed by atoms with Gasteiger partial charge in [-0.2, -0.15) is 4.98 Å². The van der Waals surface area contributed by atoms with Gasteiger partial charge in [0.1, 0.15) is 5.76 Å². The molecule has 1 aliphatic rings. The Morgan fingerprint density at radius 1 is 1.06 bits per heavy atom. The third kappa shape index (κ3) is 4.10. The zero-order valence-corrected chi connectivity index (χ0v) is 19.8. The van der Waals surface area contributed by atoms with Crippen molar-refractivity contribution in [2.75, 3.05) is 0 Å². The molecule has 172 valence electrons. The molecule has 0 aliphatic carbocycles. The number of furan rings is 1. The van der Waals surface area contributed by atoms with Crippen LogP contribution in [0, 0.1) is 13.8 Å². The van der Waals surface area contributed by atoms with Crippen molar-refractivity contribution < 1.29 is 13.7 Å². The predicted molar refractivity (Wildman–Crippen MR) is 129 cm³/mol. The van der Waals surface area contributed by atoms with Gasteiger partial charge in [-0.15, -0.1) is 0 Å². The summed E-state index contributed by atoms with van der Waals surface area (Å²) in [5.74, 6) is 1.46. The number of carbonyl (C=O) groups excluding carboxylic acids is 1. The van der Waals surface area contributed by atoms with E-state index < -0.39 is 6.04 Å². The molecule has 1 aliphatic heterocycles. The van der Waals surface area contributed by atoms with E-state index in [4.69, 9.17) is 20.5 Å². The molecule has 1 atom stereocenters. The third-order valence-electron chi connectivity index (χ3n) is 6.11. The minimum atomic E-state index is -0.446. The minimum Gasteiger partial charge on any atom is -0.467 e. The summed E-state index contributed by atoms with van der Waals surface area (Å²) in [5, 5.41) is 7.94. The average Bonchev–Trinajstić information content (AvgIpc) is 3.51. The number of allylic oxidation sites excluding steroid dienone is 1. The van der Waals surface area contributed by atoms with E-state index in [0.29, 0.717) is 22.5 Å². The number of amides is 2. The standard InChI is InChI=1S/C26H23ClN4O3/c1-15-6-7-19(13-16(15)2)23-22(17(3)31(26(32)28-23)14-21-5-4-12-33-21)25-29-24(30-34-25)18-8-10-20(27)11-9-18/h4-13,23H,14H2,1-3H3,(H,28,32). The number of aromatic nitrogens is 2. The van der Waals surface area contributed by atoms with Gasteiger partial charge < -0.3 is 14.3 Å². The van der Waals surface area contributed by atoms with Gasteiger partial charge in [-0.1, -0.05) is 35.0 Å². The molecule has 2 aromatic heterocycles. The minimum absolute atomic E-state index is 0.224. The van der Waals surface area contributed by atoms with Crippen LogP contribution in [-0.4, -0.2) is 21.1 Å². The lowest BCUT2D eigenvalue weighted by Gasteiger charge is -2.34. The van der Waals surface area contributed by atoms with Crippen LogP contribution in [0.4, 0.5) is 4.79 Å². The second-order valence-corrected chi connectivity index (χ2v) is 8.76. The van der Waals surface area contributed by atoms with Crippen LogP contribution >= 0.6 is 11.6 Å². The van der Waals surface area contributed by atoms with E-state index in [-0.39, 0.29) is 12.6 Å². The van der Waals surface area contributed by atoms with Gasteiger partial charge in [0.25, 0.3) is 5.89 Å². The largest absolute Gasteiger partial charge is 0.467 e. The highest BCUT2D eigenvalue weighted by Crippen LogP contribution is 2.38. The molecular formula is C26H23ClN4O3. The van der Waals surface area contributed by atoms with Crippen LogP contribution in [0.15, 0.2) is 75.5 Å². The summed E-state index contributed by atoms with van der Waals surface area (Å²) < 4.78 is 11.2. The quantitative estimate of drug-likeness (QED) is 0.367. The molecule has 0 saturated carbocycles. The average molecular weight is 475 g/mol. The molecule has 0 spiro atoms. The number of hydrogen-bond donors (Lipinski definition) is 1. The number of urea groups is 1. The van der Waals surface area contributed by atoms with Crippen molar-refractivity contribution in [3.63, 3.8) is 0 Å². The first-order valence-corrected chi connectivity index (χ1v) is 11.3. The van der Waals surface area contributed by atoms with Crippen molar-refractivity contribution in [2.24, 2.45) is 0 Å². The van der Waals surface area contributed by atoms with Gasteiger partial charge in [-0.05, 0) is 73.9 Å². The number of nitrogens with one attached hydrogen (secondary N) is 1. The highest BCUT2D eigenvalue weighted by Gasteiger charge is 2.36. The lowest BCUT2D eigenvalue weighted by atomic mass is 9.92. The molecule has 3 heterocycles. The molecule has 34 heavy (non-hydrogen) atoms. The van der Waals surface area contributed by atoms with Gasteiger partial charge in [-0.25, -0.2) is 4.79 Å². The number of aryl methyl sites for hydroxylation is 2. The van der Waals surface area contributed by atoms with Crippen molar-refractivity contribution in [3.05, 3.63) is 99.9 Å². The molecule has 5 rings (SSSR count). The Morgan fingerprint density at radius 2 is 1.85 bits per heavy atom. The van der Waals surface area contributed by atoms with Crippen LogP contribution in [-0.2, 0) is 6.54 Å². The zero-order valence-electron chi connectivity index (χ0n) is 19.0. The molecule has 4 aromatic rings. The highest BCUT2D eigenvalue weighted by molar-refractivity contribution is 6.30. The smallest absolute Gasteiger partial charge is 0.322 e. The molecule has 1 N–H and O–H groups in total. The Hall–Kier alpha value is -3.84. The van der Waals surface area contributed by atoms with E-state index in [1.807, 2.05) is 44.2 Å².